The Bertz CT molecular complexity index is 762. The summed E-state index contributed by atoms with van der Waals surface area (Å²) in [5.41, 5.74) is 2.61. The summed E-state index contributed by atoms with van der Waals surface area (Å²) in [6.45, 7) is 0.502. The lowest BCUT2D eigenvalue weighted by Crippen LogP contribution is -2.27. The van der Waals surface area contributed by atoms with Crippen molar-refractivity contribution in [1.29, 1.82) is 0 Å². The number of benzene rings is 2. The molecule has 24 heavy (non-hydrogen) atoms. The van der Waals surface area contributed by atoms with E-state index in [1.165, 1.54) is 23.9 Å². The van der Waals surface area contributed by atoms with E-state index in [4.69, 9.17) is 0 Å². The maximum Gasteiger partial charge on any atom is 0.234 e. The van der Waals surface area contributed by atoms with E-state index < -0.39 is 0 Å². The lowest BCUT2D eigenvalue weighted by Gasteiger charge is -2.17. The van der Waals surface area contributed by atoms with Crippen molar-refractivity contribution in [1.82, 2.24) is 5.32 Å². The highest BCUT2D eigenvalue weighted by Crippen LogP contribution is 2.32. The van der Waals surface area contributed by atoms with Gasteiger partial charge in [0.15, 0.2) is 0 Å². The molecule has 0 aliphatic carbocycles. The monoisotopic (exact) mass is 344 g/mol. The second-order valence-corrected chi connectivity index (χ2v) is 6.59. The van der Waals surface area contributed by atoms with Gasteiger partial charge in [-0.05, 0) is 41.8 Å². The molecule has 1 heterocycles. The molecule has 0 saturated carbocycles. The normalized spacial score (nSPS) is 13.1. The number of thioether (sulfide) groups is 1. The standard InChI is InChI=1S/C18H17FN2O2S/c19-14-4-1-12(2-5-14)7-8-20-17(22)10-13-3-6-16-15(9-13)21-18(23)11-24-16/h1-6,9H,7-8,10-11H2,(H,20,22)(H,21,23). The first-order valence-electron chi connectivity index (χ1n) is 7.67. The van der Waals surface area contributed by atoms with Crippen molar-refractivity contribution in [3.63, 3.8) is 0 Å². The second kappa shape index (κ2) is 7.49. The lowest BCUT2D eigenvalue weighted by molar-refractivity contribution is -0.120. The quantitative estimate of drug-likeness (QED) is 0.877. The summed E-state index contributed by atoms with van der Waals surface area (Å²) in [5, 5.41) is 5.68. The van der Waals surface area contributed by atoms with Crippen LogP contribution >= 0.6 is 11.8 Å². The van der Waals surface area contributed by atoms with Gasteiger partial charge in [0.05, 0.1) is 17.9 Å². The maximum absolute atomic E-state index is 12.8. The fourth-order valence-electron chi connectivity index (χ4n) is 2.49. The molecule has 0 unspecified atom stereocenters. The number of halogens is 1. The maximum atomic E-state index is 12.8. The van der Waals surface area contributed by atoms with E-state index in [2.05, 4.69) is 10.6 Å². The van der Waals surface area contributed by atoms with Crippen molar-refractivity contribution in [3.8, 4) is 0 Å². The highest BCUT2D eigenvalue weighted by atomic mass is 32.2. The van der Waals surface area contributed by atoms with Gasteiger partial charge in [-0.25, -0.2) is 4.39 Å². The third kappa shape index (κ3) is 4.35. The van der Waals surface area contributed by atoms with Crippen molar-refractivity contribution in [2.24, 2.45) is 0 Å². The number of hydrogen-bond donors (Lipinski definition) is 2. The van der Waals surface area contributed by atoms with Crippen LogP contribution in [0.15, 0.2) is 47.4 Å². The zero-order valence-corrected chi connectivity index (χ0v) is 13.8. The molecule has 0 saturated heterocycles. The Labute approximate surface area is 143 Å². The summed E-state index contributed by atoms with van der Waals surface area (Å²) >= 11 is 1.50. The van der Waals surface area contributed by atoms with Gasteiger partial charge in [0.1, 0.15) is 5.82 Å². The van der Waals surface area contributed by atoms with Gasteiger partial charge < -0.3 is 10.6 Å². The largest absolute Gasteiger partial charge is 0.355 e. The van der Waals surface area contributed by atoms with Crippen LogP contribution in [-0.4, -0.2) is 24.1 Å². The molecule has 0 spiro atoms. The molecule has 2 amide bonds. The van der Waals surface area contributed by atoms with Gasteiger partial charge in [0.2, 0.25) is 11.8 Å². The summed E-state index contributed by atoms with van der Waals surface area (Å²) in [6, 6.07) is 11.9. The van der Waals surface area contributed by atoms with E-state index in [1.54, 1.807) is 12.1 Å². The van der Waals surface area contributed by atoms with Crippen LogP contribution in [0.25, 0.3) is 0 Å². The van der Waals surface area contributed by atoms with E-state index in [0.717, 1.165) is 21.7 Å². The van der Waals surface area contributed by atoms with E-state index in [9.17, 15) is 14.0 Å². The molecule has 6 heteroatoms. The summed E-state index contributed by atoms with van der Waals surface area (Å²) in [5.74, 6) is 0.0663. The van der Waals surface area contributed by atoms with Gasteiger partial charge in [0, 0.05) is 11.4 Å². The number of amides is 2. The highest BCUT2D eigenvalue weighted by molar-refractivity contribution is 8.00. The van der Waals surface area contributed by atoms with Gasteiger partial charge in [0.25, 0.3) is 0 Å². The van der Waals surface area contributed by atoms with Crippen molar-refractivity contribution >= 4 is 29.3 Å². The Hall–Kier alpha value is -2.34. The van der Waals surface area contributed by atoms with Gasteiger partial charge >= 0.3 is 0 Å². The van der Waals surface area contributed by atoms with Gasteiger partial charge in [-0.15, -0.1) is 11.8 Å². The summed E-state index contributed by atoms with van der Waals surface area (Å²) in [7, 11) is 0. The molecule has 2 aromatic rings. The van der Waals surface area contributed by atoms with Gasteiger partial charge in [-0.2, -0.15) is 0 Å². The molecular formula is C18H17FN2O2S. The van der Waals surface area contributed by atoms with Crippen LogP contribution in [0.4, 0.5) is 10.1 Å². The summed E-state index contributed by atoms with van der Waals surface area (Å²) in [6.07, 6.45) is 0.917. The molecule has 0 bridgehead atoms. The molecule has 124 valence electrons. The van der Waals surface area contributed by atoms with E-state index in [-0.39, 0.29) is 24.1 Å². The minimum absolute atomic E-state index is 0.0200. The molecular weight excluding hydrogens is 327 g/mol. The third-order valence-corrected chi connectivity index (χ3v) is 4.76. The van der Waals surface area contributed by atoms with Crippen LogP contribution in [0, 0.1) is 5.82 Å². The third-order valence-electron chi connectivity index (χ3n) is 3.69. The minimum Gasteiger partial charge on any atom is -0.355 e. The Morgan fingerprint density at radius 2 is 1.92 bits per heavy atom. The number of hydrogen-bond acceptors (Lipinski definition) is 3. The Morgan fingerprint density at radius 1 is 1.17 bits per heavy atom. The Kier molecular flexibility index (Phi) is 5.15. The first-order chi connectivity index (χ1) is 11.6. The van der Waals surface area contributed by atoms with Crippen molar-refractivity contribution < 1.29 is 14.0 Å². The van der Waals surface area contributed by atoms with Gasteiger partial charge in [-0.1, -0.05) is 18.2 Å². The molecule has 1 aliphatic heterocycles. The molecule has 3 rings (SSSR count). The highest BCUT2D eigenvalue weighted by Gasteiger charge is 2.16. The van der Waals surface area contributed by atoms with Crippen molar-refractivity contribution in [2.75, 3.05) is 17.6 Å². The smallest absolute Gasteiger partial charge is 0.234 e. The van der Waals surface area contributed by atoms with Crippen molar-refractivity contribution in [2.45, 2.75) is 17.7 Å². The van der Waals surface area contributed by atoms with Crippen LogP contribution < -0.4 is 10.6 Å². The van der Waals surface area contributed by atoms with Crippen LogP contribution in [0.3, 0.4) is 0 Å². The Morgan fingerprint density at radius 3 is 2.71 bits per heavy atom. The summed E-state index contributed by atoms with van der Waals surface area (Å²) < 4.78 is 12.8. The minimum atomic E-state index is -0.263. The van der Waals surface area contributed by atoms with Crippen LogP contribution in [0.2, 0.25) is 0 Å². The Balaban J connectivity index is 1.50. The van der Waals surface area contributed by atoms with Gasteiger partial charge in [-0.3, -0.25) is 9.59 Å². The molecule has 4 nitrogen and oxygen atoms in total. The fourth-order valence-corrected chi connectivity index (χ4v) is 3.27. The molecule has 0 aromatic heterocycles. The summed E-state index contributed by atoms with van der Waals surface area (Å²) in [4.78, 5) is 24.5. The average molecular weight is 344 g/mol. The molecule has 2 aromatic carbocycles. The fraction of sp³-hybridized carbons (Fsp3) is 0.222. The van der Waals surface area contributed by atoms with Crippen LogP contribution in [-0.2, 0) is 22.4 Å². The average Bonchev–Trinajstić information content (AvgIpc) is 2.56. The number of carbonyl (C=O) groups is 2. The molecule has 0 atom stereocenters. The van der Waals surface area contributed by atoms with Crippen LogP contribution in [0.1, 0.15) is 11.1 Å². The SMILES string of the molecule is O=C(Cc1ccc2c(c1)NC(=O)CS2)NCCc1ccc(F)cc1. The number of rotatable bonds is 5. The topological polar surface area (TPSA) is 58.2 Å². The van der Waals surface area contributed by atoms with Crippen LogP contribution in [0.5, 0.6) is 0 Å². The number of nitrogens with one attached hydrogen (secondary N) is 2. The zero-order valence-electron chi connectivity index (χ0n) is 13.0. The first kappa shape index (κ1) is 16.5. The first-order valence-corrected chi connectivity index (χ1v) is 8.65. The molecule has 0 radical (unpaired) electrons. The van der Waals surface area contributed by atoms with E-state index in [0.29, 0.717) is 18.7 Å². The number of anilines is 1. The van der Waals surface area contributed by atoms with E-state index in [1.807, 2.05) is 18.2 Å². The predicted molar refractivity (Wildman–Crippen MR) is 92.6 cm³/mol. The number of carbonyl (C=O) groups excluding carboxylic acids is 2. The molecule has 2 N–H and O–H groups in total. The number of fused-ring (bicyclic) bond motifs is 1. The van der Waals surface area contributed by atoms with E-state index >= 15 is 0 Å². The lowest BCUT2D eigenvalue weighted by atomic mass is 10.1. The molecule has 0 fully saturated rings. The zero-order chi connectivity index (χ0) is 16.9. The van der Waals surface area contributed by atoms with Crippen molar-refractivity contribution in [3.05, 3.63) is 59.4 Å². The second-order valence-electron chi connectivity index (χ2n) is 5.57. The molecule has 1 aliphatic rings. The predicted octanol–water partition coefficient (Wildman–Crippen LogP) is 2.77.